The Morgan fingerprint density at radius 3 is 2.28 bits per heavy atom. The van der Waals surface area contributed by atoms with Gasteiger partial charge in [0, 0.05) is 26.2 Å². The van der Waals surface area contributed by atoms with Gasteiger partial charge < -0.3 is 9.15 Å². The third kappa shape index (κ3) is 4.23. The second-order valence-corrected chi connectivity index (χ2v) is 8.03. The monoisotopic (exact) mass is 364 g/mol. The van der Waals surface area contributed by atoms with E-state index in [0.717, 1.165) is 11.5 Å². The maximum absolute atomic E-state index is 12.8. The zero-order valence-electron chi connectivity index (χ0n) is 14.6. The first-order valence-corrected chi connectivity index (χ1v) is 9.93. The van der Waals surface area contributed by atoms with Crippen LogP contribution in [0.15, 0.2) is 45.7 Å². The molecule has 1 saturated heterocycles. The largest absolute Gasteiger partial charge is 0.494 e. The van der Waals surface area contributed by atoms with Crippen LogP contribution < -0.4 is 4.74 Å². The summed E-state index contributed by atoms with van der Waals surface area (Å²) < 4.78 is 38.1. The van der Waals surface area contributed by atoms with Gasteiger partial charge in [-0.1, -0.05) is 0 Å². The van der Waals surface area contributed by atoms with E-state index in [2.05, 4.69) is 4.90 Å². The summed E-state index contributed by atoms with van der Waals surface area (Å²) in [5, 5.41) is 0. The molecule has 1 fully saturated rings. The van der Waals surface area contributed by atoms with Crippen molar-refractivity contribution in [3.63, 3.8) is 0 Å². The Balaban J connectivity index is 1.60. The number of hydrogen-bond acceptors (Lipinski definition) is 5. The number of ether oxygens (including phenoxy) is 1. The Morgan fingerprint density at radius 2 is 1.72 bits per heavy atom. The number of benzene rings is 1. The van der Waals surface area contributed by atoms with Gasteiger partial charge in [0.2, 0.25) is 10.0 Å². The van der Waals surface area contributed by atoms with Crippen molar-refractivity contribution >= 4 is 10.0 Å². The van der Waals surface area contributed by atoms with Crippen LogP contribution in [0.4, 0.5) is 0 Å². The Morgan fingerprint density at radius 1 is 1.04 bits per heavy atom. The molecule has 136 valence electrons. The molecule has 0 spiro atoms. The predicted octanol–water partition coefficient (Wildman–Crippen LogP) is 2.49. The molecule has 2 aromatic rings. The molecule has 0 amide bonds. The third-order valence-corrected chi connectivity index (χ3v) is 6.19. The minimum Gasteiger partial charge on any atom is -0.494 e. The summed E-state index contributed by atoms with van der Waals surface area (Å²) >= 11 is 0. The number of rotatable bonds is 6. The van der Waals surface area contributed by atoms with E-state index in [1.54, 1.807) is 28.6 Å². The lowest BCUT2D eigenvalue weighted by atomic mass is 10.3. The number of aryl methyl sites for hydroxylation is 1. The van der Waals surface area contributed by atoms with Gasteiger partial charge in [-0.05, 0) is 50.2 Å². The van der Waals surface area contributed by atoms with Crippen molar-refractivity contribution in [2.75, 3.05) is 32.8 Å². The van der Waals surface area contributed by atoms with Crippen molar-refractivity contribution in [2.24, 2.45) is 0 Å². The second kappa shape index (κ2) is 7.59. The highest BCUT2D eigenvalue weighted by Gasteiger charge is 2.28. The minimum absolute atomic E-state index is 0.311. The van der Waals surface area contributed by atoms with Gasteiger partial charge in [-0.15, -0.1) is 0 Å². The summed E-state index contributed by atoms with van der Waals surface area (Å²) in [6.07, 6.45) is 0. The lowest BCUT2D eigenvalue weighted by Gasteiger charge is -2.33. The van der Waals surface area contributed by atoms with Crippen LogP contribution in [0.25, 0.3) is 0 Å². The maximum atomic E-state index is 12.8. The van der Waals surface area contributed by atoms with Crippen LogP contribution >= 0.6 is 0 Å². The van der Waals surface area contributed by atoms with Crippen LogP contribution in [0.2, 0.25) is 0 Å². The Hall–Kier alpha value is -1.83. The van der Waals surface area contributed by atoms with E-state index >= 15 is 0 Å². The van der Waals surface area contributed by atoms with E-state index in [4.69, 9.17) is 9.15 Å². The highest BCUT2D eigenvalue weighted by molar-refractivity contribution is 7.89. The van der Waals surface area contributed by atoms with Crippen molar-refractivity contribution in [3.05, 3.63) is 47.9 Å². The van der Waals surface area contributed by atoms with Gasteiger partial charge in [0.15, 0.2) is 0 Å². The lowest BCUT2D eigenvalue weighted by Crippen LogP contribution is -2.48. The predicted molar refractivity (Wildman–Crippen MR) is 95.1 cm³/mol. The fourth-order valence-corrected chi connectivity index (χ4v) is 4.36. The van der Waals surface area contributed by atoms with Crippen LogP contribution in [0.5, 0.6) is 5.75 Å². The van der Waals surface area contributed by atoms with Gasteiger partial charge in [-0.2, -0.15) is 4.31 Å². The average molecular weight is 364 g/mol. The Labute approximate surface area is 149 Å². The third-order valence-electron chi connectivity index (χ3n) is 4.28. The summed E-state index contributed by atoms with van der Waals surface area (Å²) in [4.78, 5) is 2.52. The number of hydrogen-bond donors (Lipinski definition) is 0. The van der Waals surface area contributed by atoms with Crippen molar-refractivity contribution in [2.45, 2.75) is 25.3 Å². The van der Waals surface area contributed by atoms with E-state index in [1.807, 2.05) is 26.0 Å². The highest BCUT2D eigenvalue weighted by atomic mass is 32.2. The number of furan rings is 1. The summed E-state index contributed by atoms with van der Waals surface area (Å²) in [5.74, 6) is 2.49. The van der Waals surface area contributed by atoms with E-state index in [1.165, 1.54) is 0 Å². The van der Waals surface area contributed by atoms with Crippen molar-refractivity contribution in [1.82, 2.24) is 9.21 Å². The molecule has 7 heteroatoms. The molecule has 0 saturated carbocycles. The molecule has 6 nitrogen and oxygen atoms in total. The molecule has 1 aromatic carbocycles. The molecule has 25 heavy (non-hydrogen) atoms. The van der Waals surface area contributed by atoms with Crippen LogP contribution in [-0.4, -0.2) is 50.4 Å². The standard InChI is InChI=1S/C18H24N2O4S/c1-3-23-16-6-8-18(9-7-16)25(21,22)20-12-10-19(11-13-20)14-17-5-4-15(2)24-17/h4-9H,3,10-14H2,1-2H3. The molecule has 1 aliphatic rings. The molecule has 1 aliphatic heterocycles. The smallest absolute Gasteiger partial charge is 0.243 e. The normalized spacial score (nSPS) is 16.9. The zero-order valence-corrected chi connectivity index (χ0v) is 15.5. The summed E-state index contributed by atoms with van der Waals surface area (Å²) in [6, 6.07) is 10.5. The van der Waals surface area contributed by atoms with Crippen LogP contribution in [0.1, 0.15) is 18.4 Å². The van der Waals surface area contributed by atoms with E-state index in [-0.39, 0.29) is 0 Å². The first-order valence-electron chi connectivity index (χ1n) is 8.49. The van der Waals surface area contributed by atoms with E-state index in [9.17, 15) is 8.42 Å². The van der Waals surface area contributed by atoms with Gasteiger partial charge in [0.1, 0.15) is 17.3 Å². The molecular formula is C18H24N2O4S. The molecule has 1 aromatic heterocycles. The lowest BCUT2D eigenvalue weighted by molar-refractivity contribution is 0.170. The maximum Gasteiger partial charge on any atom is 0.243 e. The number of sulfonamides is 1. The molecule has 0 atom stereocenters. The van der Waals surface area contributed by atoms with Gasteiger partial charge in [0.25, 0.3) is 0 Å². The SMILES string of the molecule is CCOc1ccc(S(=O)(=O)N2CCN(Cc3ccc(C)o3)CC2)cc1. The molecule has 0 unspecified atom stereocenters. The van der Waals surface area contributed by atoms with E-state index in [0.29, 0.717) is 50.0 Å². The summed E-state index contributed by atoms with van der Waals surface area (Å²) in [6.45, 7) is 7.43. The molecule has 3 rings (SSSR count). The van der Waals surface area contributed by atoms with Crippen molar-refractivity contribution < 1.29 is 17.6 Å². The quantitative estimate of drug-likeness (QED) is 0.788. The Kier molecular flexibility index (Phi) is 5.46. The van der Waals surface area contributed by atoms with Crippen LogP contribution in [-0.2, 0) is 16.6 Å². The minimum atomic E-state index is -3.46. The number of piperazine rings is 1. The fraction of sp³-hybridized carbons (Fsp3) is 0.444. The fourth-order valence-electron chi connectivity index (χ4n) is 2.94. The first kappa shape index (κ1) is 18.0. The zero-order chi connectivity index (χ0) is 17.9. The topological polar surface area (TPSA) is 63.0 Å². The molecule has 2 heterocycles. The second-order valence-electron chi connectivity index (χ2n) is 6.10. The molecular weight excluding hydrogens is 340 g/mol. The van der Waals surface area contributed by atoms with Crippen LogP contribution in [0.3, 0.4) is 0 Å². The molecule has 0 aliphatic carbocycles. The van der Waals surface area contributed by atoms with Gasteiger partial charge in [0.05, 0.1) is 18.0 Å². The Bertz CT molecular complexity index is 791. The van der Waals surface area contributed by atoms with Crippen LogP contribution in [0, 0.1) is 6.92 Å². The number of nitrogens with zero attached hydrogens (tertiary/aromatic N) is 2. The molecule has 0 N–H and O–H groups in total. The van der Waals surface area contributed by atoms with Crippen molar-refractivity contribution in [1.29, 1.82) is 0 Å². The van der Waals surface area contributed by atoms with Crippen molar-refractivity contribution in [3.8, 4) is 5.75 Å². The van der Waals surface area contributed by atoms with Gasteiger partial charge in [-0.3, -0.25) is 4.90 Å². The first-order chi connectivity index (χ1) is 12.0. The summed E-state index contributed by atoms with van der Waals surface area (Å²) in [5.41, 5.74) is 0. The average Bonchev–Trinajstić information content (AvgIpc) is 3.01. The van der Waals surface area contributed by atoms with E-state index < -0.39 is 10.0 Å². The summed E-state index contributed by atoms with van der Waals surface area (Å²) in [7, 11) is -3.46. The molecule has 0 radical (unpaired) electrons. The van der Waals surface area contributed by atoms with Gasteiger partial charge in [-0.25, -0.2) is 8.42 Å². The molecule has 0 bridgehead atoms. The highest BCUT2D eigenvalue weighted by Crippen LogP contribution is 2.21. The van der Waals surface area contributed by atoms with Gasteiger partial charge >= 0.3 is 0 Å².